The summed E-state index contributed by atoms with van der Waals surface area (Å²) in [5, 5.41) is 24.3. The topological polar surface area (TPSA) is 98.8 Å². The van der Waals surface area contributed by atoms with Gasteiger partial charge in [0, 0.05) is 36.0 Å². The minimum atomic E-state index is 0.180. The summed E-state index contributed by atoms with van der Waals surface area (Å²) in [6.07, 6.45) is 12.1. The number of hydrogen-bond donors (Lipinski definition) is 4. The fourth-order valence-electron chi connectivity index (χ4n) is 4.49. The molecule has 0 amide bonds. The number of aromatic hydroxyl groups is 1. The predicted molar refractivity (Wildman–Crippen MR) is 108 cm³/mol. The van der Waals surface area contributed by atoms with Gasteiger partial charge >= 0.3 is 0 Å². The second kappa shape index (κ2) is 7.24. The first-order valence-electron chi connectivity index (χ1n) is 9.89. The summed E-state index contributed by atoms with van der Waals surface area (Å²) in [6.45, 7) is 0.938. The van der Waals surface area contributed by atoms with Gasteiger partial charge in [-0.3, -0.25) is 10.1 Å². The molecule has 2 aliphatic heterocycles. The van der Waals surface area contributed by atoms with Gasteiger partial charge < -0.3 is 15.7 Å². The van der Waals surface area contributed by atoms with E-state index in [1.807, 2.05) is 12.1 Å². The first-order chi connectivity index (χ1) is 13.7. The molecule has 0 saturated carbocycles. The molecular formula is C21H24N6O. The summed E-state index contributed by atoms with van der Waals surface area (Å²) in [5.41, 5.74) is 3.15. The van der Waals surface area contributed by atoms with Crippen LogP contribution in [0.25, 0.3) is 22.4 Å². The van der Waals surface area contributed by atoms with E-state index in [0.717, 1.165) is 23.5 Å². The Balaban J connectivity index is 1.25. The third kappa shape index (κ3) is 3.45. The molecule has 0 aliphatic carbocycles. The van der Waals surface area contributed by atoms with Crippen molar-refractivity contribution in [2.75, 3.05) is 11.9 Å². The van der Waals surface area contributed by atoms with Crippen LogP contribution in [-0.4, -0.2) is 43.9 Å². The Bertz CT molecular complexity index is 928. The van der Waals surface area contributed by atoms with Gasteiger partial charge in [-0.05, 0) is 49.3 Å². The van der Waals surface area contributed by atoms with E-state index in [-0.39, 0.29) is 5.75 Å². The fourth-order valence-corrected chi connectivity index (χ4v) is 4.49. The average Bonchev–Trinajstić information content (AvgIpc) is 3.37. The number of rotatable bonds is 5. The minimum absolute atomic E-state index is 0.180. The van der Waals surface area contributed by atoms with Gasteiger partial charge in [-0.25, -0.2) is 4.98 Å². The van der Waals surface area contributed by atoms with Crippen LogP contribution in [0, 0.1) is 5.92 Å². The maximum atomic E-state index is 10.4. The fraction of sp³-hybridized carbons (Fsp3) is 0.381. The van der Waals surface area contributed by atoms with Crippen LogP contribution < -0.4 is 10.6 Å². The molecule has 3 aromatic rings. The number of phenolic OH excluding ortho intramolecular Hbond substituents is 1. The molecule has 7 heteroatoms. The van der Waals surface area contributed by atoms with E-state index in [0.29, 0.717) is 29.3 Å². The summed E-state index contributed by atoms with van der Waals surface area (Å²) in [4.78, 5) is 8.98. The zero-order valence-corrected chi connectivity index (χ0v) is 15.6. The highest BCUT2D eigenvalue weighted by molar-refractivity contribution is 5.73. The number of aromatic amines is 1. The lowest BCUT2D eigenvalue weighted by atomic mass is 9.92. The summed E-state index contributed by atoms with van der Waals surface area (Å²) < 4.78 is 0. The van der Waals surface area contributed by atoms with Gasteiger partial charge in [0.2, 0.25) is 0 Å². The lowest BCUT2D eigenvalue weighted by Gasteiger charge is -2.29. The second-order valence-corrected chi connectivity index (χ2v) is 7.86. The zero-order chi connectivity index (χ0) is 18.9. The molecule has 4 N–H and O–H groups in total. The molecule has 0 radical (unpaired) electrons. The van der Waals surface area contributed by atoms with Crippen molar-refractivity contribution >= 4 is 5.82 Å². The third-order valence-electron chi connectivity index (χ3n) is 5.90. The van der Waals surface area contributed by atoms with Crippen molar-refractivity contribution in [3.8, 4) is 28.1 Å². The van der Waals surface area contributed by atoms with E-state index in [1.165, 1.54) is 25.7 Å². The quantitative estimate of drug-likeness (QED) is 0.546. The molecule has 7 nitrogen and oxygen atoms in total. The van der Waals surface area contributed by atoms with Crippen molar-refractivity contribution in [2.24, 2.45) is 5.92 Å². The van der Waals surface area contributed by atoms with Crippen molar-refractivity contribution in [1.82, 2.24) is 25.5 Å². The highest BCUT2D eigenvalue weighted by Gasteiger charge is 2.33. The number of anilines is 1. The summed E-state index contributed by atoms with van der Waals surface area (Å²) >= 11 is 0. The molecule has 4 heterocycles. The molecule has 144 valence electrons. The Morgan fingerprint density at radius 3 is 2.57 bits per heavy atom. The number of piperidine rings is 1. The molecule has 2 saturated heterocycles. The average molecular weight is 376 g/mol. The Kier molecular flexibility index (Phi) is 4.44. The molecule has 5 rings (SSSR count). The highest BCUT2D eigenvalue weighted by Crippen LogP contribution is 2.33. The number of phenols is 1. The third-order valence-corrected chi connectivity index (χ3v) is 5.90. The number of fused-ring (bicyclic) bond motifs is 2. The van der Waals surface area contributed by atoms with Crippen LogP contribution in [-0.2, 0) is 0 Å². The highest BCUT2D eigenvalue weighted by atomic mass is 16.3. The van der Waals surface area contributed by atoms with E-state index in [2.05, 4.69) is 30.8 Å². The molecule has 2 aliphatic rings. The first kappa shape index (κ1) is 17.2. The molecule has 0 spiro atoms. The predicted octanol–water partition coefficient (Wildman–Crippen LogP) is 3.18. The Labute approximate surface area is 163 Å². The Morgan fingerprint density at radius 2 is 1.89 bits per heavy atom. The first-order valence-corrected chi connectivity index (χ1v) is 9.89. The number of H-pyrrole nitrogens is 1. The van der Waals surface area contributed by atoms with Crippen LogP contribution in [0.3, 0.4) is 0 Å². The van der Waals surface area contributed by atoms with Gasteiger partial charge in [-0.1, -0.05) is 6.07 Å². The smallest absolute Gasteiger partial charge is 0.144 e. The van der Waals surface area contributed by atoms with Crippen LogP contribution >= 0.6 is 0 Å². The van der Waals surface area contributed by atoms with Crippen LogP contribution in [0.4, 0.5) is 5.82 Å². The Hall–Kier alpha value is -2.93. The van der Waals surface area contributed by atoms with Crippen molar-refractivity contribution in [1.29, 1.82) is 0 Å². The maximum absolute atomic E-state index is 10.4. The standard InChI is InChI=1S/C21H24N6O/c28-20-7-14(15-9-25-26-10-15)1-4-18(20)19-11-24-21(12-22-19)23-8-13-5-16-2-3-17(6-13)27-16/h1,4,7,9-13,16-17,27-28H,2-3,5-6,8H2,(H,23,24)(H,25,26). The van der Waals surface area contributed by atoms with E-state index in [4.69, 9.17) is 0 Å². The normalized spacial score (nSPS) is 23.6. The lowest BCUT2D eigenvalue weighted by molar-refractivity contribution is 0.311. The van der Waals surface area contributed by atoms with Crippen LogP contribution in [0.1, 0.15) is 25.7 Å². The van der Waals surface area contributed by atoms with Crippen molar-refractivity contribution < 1.29 is 5.11 Å². The summed E-state index contributed by atoms with van der Waals surface area (Å²) in [6, 6.07) is 6.93. The van der Waals surface area contributed by atoms with Gasteiger partial charge in [0.05, 0.1) is 24.3 Å². The van der Waals surface area contributed by atoms with Gasteiger partial charge in [0.15, 0.2) is 0 Å². The Morgan fingerprint density at radius 1 is 1.04 bits per heavy atom. The largest absolute Gasteiger partial charge is 0.507 e. The molecule has 28 heavy (non-hydrogen) atoms. The van der Waals surface area contributed by atoms with Gasteiger partial charge in [-0.15, -0.1) is 0 Å². The zero-order valence-electron chi connectivity index (χ0n) is 15.6. The molecular weight excluding hydrogens is 352 g/mol. The summed E-state index contributed by atoms with van der Waals surface area (Å²) in [7, 11) is 0. The number of benzene rings is 1. The number of nitrogens with zero attached hydrogens (tertiary/aromatic N) is 3. The summed E-state index contributed by atoms with van der Waals surface area (Å²) in [5.74, 6) is 1.66. The van der Waals surface area contributed by atoms with E-state index in [1.54, 1.807) is 30.9 Å². The SMILES string of the molecule is Oc1cc(-c2cn[nH]c2)ccc1-c1cnc(NCC2CC3CCC(C2)N3)cn1. The second-order valence-electron chi connectivity index (χ2n) is 7.86. The number of nitrogens with one attached hydrogen (secondary N) is 3. The molecule has 2 fully saturated rings. The minimum Gasteiger partial charge on any atom is -0.507 e. The number of hydrogen-bond acceptors (Lipinski definition) is 6. The van der Waals surface area contributed by atoms with Crippen LogP contribution in [0.15, 0.2) is 43.0 Å². The lowest BCUT2D eigenvalue weighted by Crippen LogP contribution is -2.40. The van der Waals surface area contributed by atoms with Crippen molar-refractivity contribution in [3.63, 3.8) is 0 Å². The van der Waals surface area contributed by atoms with Crippen molar-refractivity contribution in [2.45, 2.75) is 37.8 Å². The van der Waals surface area contributed by atoms with Crippen molar-refractivity contribution in [3.05, 3.63) is 43.0 Å². The maximum Gasteiger partial charge on any atom is 0.144 e. The molecule has 2 aromatic heterocycles. The van der Waals surface area contributed by atoms with E-state index < -0.39 is 0 Å². The molecule has 1 aromatic carbocycles. The molecule has 2 bridgehead atoms. The van der Waals surface area contributed by atoms with Crippen LogP contribution in [0.5, 0.6) is 5.75 Å². The monoisotopic (exact) mass is 376 g/mol. The number of aromatic nitrogens is 4. The van der Waals surface area contributed by atoms with Crippen LogP contribution in [0.2, 0.25) is 0 Å². The van der Waals surface area contributed by atoms with E-state index >= 15 is 0 Å². The molecule has 2 atom stereocenters. The van der Waals surface area contributed by atoms with Gasteiger partial charge in [-0.2, -0.15) is 5.10 Å². The molecule has 2 unspecified atom stereocenters. The van der Waals surface area contributed by atoms with Gasteiger partial charge in [0.25, 0.3) is 0 Å². The van der Waals surface area contributed by atoms with Gasteiger partial charge in [0.1, 0.15) is 11.6 Å². The van der Waals surface area contributed by atoms with E-state index in [9.17, 15) is 5.11 Å².